The molecule has 7 rings (SSSR count). The predicted molar refractivity (Wildman–Crippen MR) is 150 cm³/mol. The van der Waals surface area contributed by atoms with Crippen LogP contribution in [0.3, 0.4) is 0 Å². The van der Waals surface area contributed by atoms with Crippen LogP contribution in [0.1, 0.15) is 23.1 Å². The van der Waals surface area contributed by atoms with Crippen molar-refractivity contribution in [2.45, 2.75) is 6.42 Å². The van der Waals surface area contributed by atoms with E-state index in [2.05, 4.69) is 133 Å². The van der Waals surface area contributed by atoms with Gasteiger partial charge in [-0.25, -0.2) is 0 Å². The van der Waals surface area contributed by atoms with E-state index in [1.54, 1.807) is 0 Å². The third-order valence-electron chi connectivity index (χ3n) is 7.23. The molecule has 0 aromatic heterocycles. The zero-order valence-electron chi connectivity index (χ0n) is 19.3. The Balaban J connectivity index is 1.57. The topological polar surface area (TPSA) is 0 Å². The van der Waals surface area contributed by atoms with Gasteiger partial charge in [0, 0.05) is 0 Å². The molecule has 0 heteroatoms. The lowest BCUT2D eigenvalue weighted by Crippen LogP contribution is -1.94. The maximum absolute atomic E-state index is 3.83. The molecule has 0 saturated heterocycles. The van der Waals surface area contributed by atoms with Gasteiger partial charge < -0.3 is 0 Å². The van der Waals surface area contributed by atoms with Gasteiger partial charge in [0.25, 0.3) is 0 Å². The predicted octanol–water partition coefficient (Wildman–Crippen LogP) is 9.35. The van der Waals surface area contributed by atoms with Crippen LogP contribution < -0.4 is 0 Å². The van der Waals surface area contributed by atoms with Gasteiger partial charge >= 0.3 is 0 Å². The van der Waals surface area contributed by atoms with Crippen molar-refractivity contribution in [3.63, 3.8) is 0 Å². The molecule has 0 atom stereocenters. The zero-order valence-corrected chi connectivity index (χ0v) is 19.3. The molecule has 0 heterocycles. The number of benzene rings is 6. The molecular formula is C35H23. The summed E-state index contributed by atoms with van der Waals surface area (Å²) in [4.78, 5) is 0. The summed E-state index contributed by atoms with van der Waals surface area (Å²) < 4.78 is 0. The van der Waals surface area contributed by atoms with E-state index < -0.39 is 0 Å². The number of hydrogen-bond acceptors (Lipinski definition) is 0. The van der Waals surface area contributed by atoms with E-state index in [-0.39, 0.29) is 0 Å². The molecule has 0 bridgehead atoms. The molecule has 1 aliphatic rings. The van der Waals surface area contributed by atoms with Crippen molar-refractivity contribution in [2.75, 3.05) is 0 Å². The molecule has 0 fully saturated rings. The summed E-state index contributed by atoms with van der Waals surface area (Å²) in [7, 11) is 0. The van der Waals surface area contributed by atoms with Crippen molar-refractivity contribution < 1.29 is 0 Å². The van der Waals surface area contributed by atoms with Crippen LogP contribution >= 0.6 is 0 Å². The molecule has 35 heavy (non-hydrogen) atoms. The lowest BCUT2D eigenvalue weighted by molar-refractivity contribution is 1.40. The number of allylic oxidation sites excluding steroid dienone is 4. The largest absolute Gasteiger partial charge is 0.0616 e. The molecule has 1 radical (unpaired) electrons. The van der Waals surface area contributed by atoms with Crippen molar-refractivity contribution in [3.05, 3.63) is 150 Å². The van der Waals surface area contributed by atoms with Crippen LogP contribution in [0.25, 0.3) is 49.0 Å². The highest BCUT2D eigenvalue weighted by Crippen LogP contribution is 2.48. The van der Waals surface area contributed by atoms with Crippen LogP contribution in [-0.4, -0.2) is 0 Å². The average Bonchev–Trinajstić information content (AvgIpc) is 3.36. The van der Waals surface area contributed by atoms with Crippen LogP contribution in [0.4, 0.5) is 0 Å². The Hall–Kier alpha value is -4.42. The van der Waals surface area contributed by atoms with Crippen LogP contribution in [0, 0.1) is 6.08 Å². The Kier molecular flexibility index (Phi) is 4.63. The third-order valence-corrected chi connectivity index (χ3v) is 7.23. The Bertz CT molecular complexity index is 1800. The Morgan fingerprint density at radius 1 is 0.400 bits per heavy atom. The van der Waals surface area contributed by atoms with E-state index in [0.717, 1.165) is 6.42 Å². The standard InChI is InChI=1S/C35H23/c1-4-16-27-24(10-1)13-7-19-30(27)33-22-23-34(31-20-8-14-25-11-2-5-17-28(25)31)35(33)32-21-9-15-26-12-3-6-18-29(26)32/h1-21H,22H2. The van der Waals surface area contributed by atoms with Gasteiger partial charge in [0.05, 0.1) is 0 Å². The Morgan fingerprint density at radius 2 is 0.829 bits per heavy atom. The first-order valence-corrected chi connectivity index (χ1v) is 12.2. The molecule has 0 amide bonds. The fourth-order valence-electron chi connectivity index (χ4n) is 5.64. The molecule has 0 N–H and O–H groups in total. The van der Waals surface area contributed by atoms with Gasteiger partial charge in [0.1, 0.15) is 0 Å². The Labute approximate surface area is 205 Å². The minimum Gasteiger partial charge on any atom is -0.0616 e. The van der Waals surface area contributed by atoms with Crippen LogP contribution in [0.15, 0.2) is 127 Å². The lowest BCUT2D eigenvalue weighted by Gasteiger charge is -2.18. The van der Waals surface area contributed by atoms with Gasteiger partial charge in [0.2, 0.25) is 0 Å². The maximum atomic E-state index is 3.83. The van der Waals surface area contributed by atoms with E-state index in [4.69, 9.17) is 0 Å². The second-order valence-electron chi connectivity index (χ2n) is 9.16. The SMILES string of the molecule is [C]1=C(c2cccc3ccccc23)C(c2cccc3ccccc23)=C(c2cccc3ccccc23)C1. The van der Waals surface area contributed by atoms with Crippen molar-refractivity contribution >= 4 is 49.0 Å². The highest BCUT2D eigenvalue weighted by molar-refractivity contribution is 6.24. The monoisotopic (exact) mass is 443 g/mol. The number of hydrogen-bond donors (Lipinski definition) is 0. The molecule has 163 valence electrons. The zero-order chi connectivity index (χ0) is 23.2. The molecule has 0 spiro atoms. The molecule has 6 aromatic carbocycles. The molecule has 0 saturated carbocycles. The van der Waals surface area contributed by atoms with Crippen LogP contribution in [-0.2, 0) is 0 Å². The first-order chi connectivity index (χ1) is 17.4. The quantitative estimate of drug-likeness (QED) is 0.256. The fourth-order valence-corrected chi connectivity index (χ4v) is 5.64. The summed E-state index contributed by atoms with van der Waals surface area (Å²) >= 11 is 0. The molecule has 0 nitrogen and oxygen atoms in total. The van der Waals surface area contributed by atoms with Gasteiger partial charge in [0.15, 0.2) is 0 Å². The van der Waals surface area contributed by atoms with E-state index in [0.29, 0.717) is 0 Å². The van der Waals surface area contributed by atoms with Crippen molar-refractivity contribution in [3.8, 4) is 0 Å². The summed E-state index contributed by atoms with van der Waals surface area (Å²) in [6.07, 6.45) is 4.63. The summed E-state index contributed by atoms with van der Waals surface area (Å²) in [6, 6.07) is 46.0. The fraction of sp³-hybridized carbons (Fsp3) is 0.0286. The Morgan fingerprint density at radius 3 is 1.43 bits per heavy atom. The average molecular weight is 444 g/mol. The number of rotatable bonds is 3. The maximum Gasteiger partial charge on any atom is -0.000375 e. The minimum atomic E-state index is 0.797. The summed E-state index contributed by atoms with van der Waals surface area (Å²) in [5.41, 5.74) is 7.69. The van der Waals surface area contributed by atoms with Gasteiger partial charge in [-0.05, 0) is 78.2 Å². The van der Waals surface area contributed by atoms with Crippen molar-refractivity contribution in [1.29, 1.82) is 0 Å². The van der Waals surface area contributed by atoms with E-state index >= 15 is 0 Å². The highest BCUT2D eigenvalue weighted by atomic mass is 14.3. The van der Waals surface area contributed by atoms with E-state index in [1.807, 2.05) is 0 Å². The summed E-state index contributed by atoms with van der Waals surface area (Å²) in [5, 5.41) is 7.64. The molecule has 0 unspecified atom stereocenters. The lowest BCUT2D eigenvalue weighted by atomic mass is 9.85. The molecule has 0 aliphatic heterocycles. The first-order valence-electron chi connectivity index (χ1n) is 12.2. The second-order valence-corrected chi connectivity index (χ2v) is 9.16. The molecule has 1 aliphatic carbocycles. The van der Waals surface area contributed by atoms with Crippen molar-refractivity contribution in [1.82, 2.24) is 0 Å². The van der Waals surface area contributed by atoms with Gasteiger partial charge in [-0.3, -0.25) is 0 Å². The normalized spacial score (nSPS) is 13.7. The highest BCUT2D eigenvalue weighted by Gasteiger charge is 2.25. The van der Waals surface area contributed by atoms with Crippen molar-refractivity contribution in [2.24, 2.45) is 0 Å². The third kappa shape index (κ3) is 3.22. The molecule has 6 aromatic rings. The van der Waals surface area contributed by atoms with Gasteiger partial charge in [-0.2, -0.15) is 0 Å². The molecular weight excluding hydrogens is 420 g/mol. The smallest absolute Gasteiger partial charge is 0.000375 e. The summed E-state index contributed by atoms with van der Waals surface area (Å²) in [5.74, 6) is 0. The van der Waals surface area contributed by atoms with Gasteiger partial charge in [-0.15, -0.1) is 0 Å². The summed E-state index contributed by atoms with van der Waals surface area (Å²) in [6.45, 7) is 0. The van der Waals surface area contributed by atoms with E-state index in [9.17, 15) is 0 Å². The second kappa shape index (κ2) is 8.11. The van der Waals surface area contributed by atoms with E-state index in [1.165, 1.54) is 65.7 Å². The first kappa shape index (κ1) is 20.0. The van der Waals surface area contributed by atoms with Crippen LogP contribution in [0.2, 0.25) is 0 Å². The minimum absolute atomic E-state index is 0.797. The van der Waals surface area contributed by atoms with Gasteiger partial charge in [-0.1, -0.05) is 127 Å². The number of fused-ring (bicyclic) bond motifs is 3. The van der Waals surface area contributed by atoms with Crippen LogP contribution in [0.5, 0.6) is 0 Å².